The maximum absolute atomic E-state index is 13.4. The maximum atomic E-state index is 13.4. The van der Waals surface area contributed by atoms with Gasteiger partial charge in [0.25, 0.3) is 5.91 Å². The van der Waals surface area contributed by atoms with Gasteiger partial charge < -0.3 is 30.9 Å². The number of aromatic hydroxyl groups is 1. The van der Waals surface area contributed by atoms with Crippen LogP contribution in [0, 0.1) is 9.49 Å². The second kappa shape index (κ2) is 11.4. The lowest BCUT2D eigenvalue weighted by molar-refractivity contribution is -0.136. The van der Waals surface area contributed by atoms with E-state index in [0.717, 1.165) is 24.2 Å². The maximum Gasteiger partial charge on any atom is 0.273 e. The van der Waals surface area contributed by atoms with Crippen molar-refractivity contribution in [3.8, 4) is 5.75 Å². The van der Waals surface area contributed by atoms with E-state index in [-0.39, 0.29) is 42.6 Å². The normalized spacial score (nSPS) is 17.1. The highest BCUT2D eigenvalue weighted by atomic mass is 127. The Labute approximate surface area is 217 Å². The Bertz CT molecular complexity index is 1080. The number of halogens is 1. The average molecular weight is 595 g/mol. The summed E-state index contributed by atoms with van der Waals surface area (Å²) in [6.45, 7) is 1.05. The number of benzene rings is 1. The zero-order chi connectivity index (χ0) is 24.9. The van der Waals surface area contributed by atoms with E-state index in [1.807, 2.05) is 28.7 Å². The van der Waals surface area contributed by atoms with Crippen LogP contribution in [0.5, 0.6) is 5.75 Å². The highest BCUT2D eigenvalue weighted by molar-refractivity contribution is 14.1. The number of hydrogen-bond donors (Lipinski definition) is 4. The molecule has 1 saturated carbocycles. The van der Waals surface area contributed by atoms with Crippen LogP contribution in [0.15, 0.2) is 28.8 Å². The first-order chi connectivity index (χ1) is 16.8. The molecule has 2 heterocycles. The number of rotatable bonds is 9. The Morgan fingerprint density at radius 2 is 1.94 bits per heavy atom. The fraction of sp³-hybridized carbons (Fsp3) is 0.500. The zero-order valence-corrected chi connectivity index (χ0v) is 21.5. The van der Waals surface area contributed by atoms with Crippen LogP contribution in [0.3, 0.4) is 0 Å². The predicted octanol–water partition coefficient (Wildman–Crippen LogP) is 1.52. The van der Waals surface area contributed by atoms with Gasteiger partial charge in [-0.3, -0.25) is 14.4 Å². The highest BCUT2D eigenvalue weighted by Crippen LogP contribution is 2.40. The molecule has 10 nitrogen and oxygen atoms in total. The van der Waals surface area contributed by atoms with E-state index < -0.39 is 5.92 Å². The van der Waals surface area contributed by atoms with Crippen molar-refractivity contribution < 1.29 is 24.0 Å². The summed E-state index contributed by atoms with van der Waals surface area (Å²) < 4.78 is 5.97. The van der Waals surface area contributed by atoms with Crippen molar-refractivity contribution >= 4 is 40.3 Å². The summed E-state index contributed by atoms with van der Waals surface area (Å²) in [7, 11) is 0. The fourth-order valence-electron chi connectivity index (χ4n) is 4.24. The molecular formula is C24H30IN5O5. The molecule has 1 aromatic carbocycles. The van der Waals surface area contributed by atoms with Crippen LogP contribution in [0.4, 0.5) is 0 Å². The minimum atomic E-state index is -0.465. The molecule has 5 N–H and O–H groups in total. The Kier molecular flexibility index (Phi) is 8.26. The first-order valence-electron chi connectivity index (χ1n) is 11.8. The van der Waals surface area contributed by atoms with Gasteiger partial charge in [0.05, 0.1) is 16.0 Å². The molecule has 11 heteroatoms. The lowest BCUT2D eigenvalue weighted by Crippen LogP contribution is -2.50. The van der Waals surface area contributed by atoms with Crippen LogP contribution in [-0.4, -0.2) is 65.1 Å². The van der Waals surface area contributed by atoms with Gasteiger partial charge in [-0.1, -0.05) is 11.2 Å². The molecule has 2 aromatic rings. The standard InChI is InChI=1S/C24H30IN5O5/c25-18-10-14(1-4-20(18)31)9-16(13-27-22(32)12-26)24(34)30-7-5-17(6-8-30)28-23(33)19-11-21(35-29-19)15-2-3-15/h1,4,10-11,15-17,31H,2-3,5-9,12-13,26H2,(H,27,32)(H,28,33)/t16-/m0/s1. The van der Waals surface area contributed by atoms with Crippen LogP contribution in [0.25, 0.3) is 0 Å². The number of carbonyl (C=O) groups excluding carboxylic acids is 3. The molecule has 1 aliphatic carbocycles. The largest absolute Gasteiger partial charge is 0.507 e. The van der Waals surface area contributed by atoms with Crippen molar-refractivity contribution in [2.24, 2.45) is 11.7 Å². The third-order valence-corrected chi connectivity index (χ3v) is 7.32. The Balaban J connectivity index is 1.33. The van der Waals surface area contributed by atoms with Crippen molar-refractivity contribution in [2.75, 3.05) is 26.2 Å². The van der Waals surface area contributed by atoms with Gasteiger partial charge in [-0.2, -0.15) is 0 Å². The summed E-state index contributed by atoms with van der Waals surface area (Å²) in [5.41, 5.74) is 6.59. The second-order valence-electron chi connectivity index (χ2n) is 9.16. The number of nitrogens with one attached hydrogen (secondary N) is 2. The molecule has 1 atom stereocenters. The quantitative estimate of drug-likeness (QED) is 0.321. The molecule has 1 saturated heterocycles. The summed E-state index contributed by atoms with van der Waals surface area (Å²) in [5.74, 6) is 0.260. The van der Waals surface area contributed by atoms with Gasteiger partial charge in [-0.15, -0.1) is 0 Å². The number of phenols is 1. The molecular weight excluding hydrogens is 565 g/mol. The molecule has 0 unspecified atom stereocenters. The van der Waals surface area contributed by atoms with Crippen LogP contribution in [0.1, 0.15) is 53.4 Å². The van der Waals surface area contributed by atoms with E-state index in [1.54, 1.807) is 23.1 Å². The van der Waals surface area contributed by atoms with Gasteiger partial charge in [0.15, 0.2) is 5.69 Å². The Morgan fingerprint density at radius 1 is 1.20 bits per heavy atom. The van der Waals surface area contributed by atoms with Gasteiger partial charge in [0, 0.05) is 37.7 Å². The minimum absolute atomic E-state index is 0.0540. The predicted molar refractivity (Wildman–Crippen MR) is 136 cm³/mol. The Hall–Kier alpha value is -2.67. The number of nitrogens with zero attached hydrogens (tertiary/aromatic N) is 2. The first kappa shape index (κ1) is 25.4. The number of hydrogen-bond acceptors (Lipinski definition) is 7. The molecule has 4 rings (SSSR count). The van der Waals surface area contributed by atoms with E-state index in [0.29, 0.717) is 47.5 Å². The summed E-state index contributed by atoms with van der Waals surface area (Å²) in [4.78, 5) is 39.4. The number of phenolic OH excluding ortho intramolecular Hbond substituents is 1. The third kappa shape index (κ3) is 6.72. The highest BCUT2D eigenvalue weighted by Gasteiger charge is 2.31. The number of aromatic nitrogens is 1. The van der Waals surface area contributed by atoms with Crippen LogP contribution in [0.2, 0.25) is 0 Å². The van der Waals surface area contributed by atoms with Crippen molar-refractivity contribution in [3.05, 3.63) is 44.9 Å². The van der Waals surface area contributed by atoms with E-state index in [2.05, 4.69) is 15.8 Å². The van der Waals surface area contributed by atoms with Crippen molar-refractivity contribution in [1.29, 1.82) is 0 Å². The summed E-state index contributed by atoms with van der Waals surface area (Å²) in [5, 5.41) is 19.4. The number of piperidine rings is 1. The number of amides is 3. The van der Waals surface area contributed by atoms with Crippen LogP contribution >= 0.6 is 22.6 Å². The van der Waals surface area contributed by atoms with Gasteiger partial charge in [0.1, 0.15) is 11.5 Å². The summed E-state index contributed by atoms with van der Waals surface area (Å²) in [6, 6.07) is 6.88. The molecule has 188 valence electrons. The van der Waals surface area contributed by atoms with Gasteiger partial charge in [-0.25, -0.2) is 0 Å². The lowest BCUT2D eigenvalue weighted by Gasteiger charge is -2.34. The van der Waals surface area contributed by atoms with E-state index in [9.17, 15) is 19.5 Å². The molecule has 35 heavy (non-hydrogen) atoms. The summed E-state index contributed by atoms with van der Waals surface area (Å²) >= 11 is 2.04. The van der Waals surface area contributed by atoms with Crippen molar-refractivity contribution in [2.45, 2.75) is 44.1 Å². The Morgan fingerprint density at radius 3 is 2.60 bits per heavy atom. The molecule has 0 radical (unpaired) electrons. The average Bonchev–Trinajstić information content (AvgIpc) is 3.59. The smallest absolute Gasteiger partial charge is 0.273 e. The summed E-state index contributed by atoms with van der Waals surface area (Å²) in [6.07, 6.45) is 3.83. The minimum Gasteiger partial charge on any atom is -0.507 e. The topological polar surface area (TPSA) is 151 Å². The van der Waals surface area contributed by atoms with E-state index in [1.165, 1.54) is 0 Å². The number of carbonyl (C=O) groups is 3. The molecule has 1 aliphatic heterocycles. The molecule has 1 aromatic heterocycles. The molecule has 0 bridgehead atoms. The molecule has 2 aliphatic rings. The van der Waals surface area contributed by atoms with Gasteiger partial charge in [0.2, 0.25) is 11.8 Å². The third-order valence-electron chi connectivity index (χ3n) is 6.46. The zero-order valence-electron chi connectivity index (χ0n) is 19.3. The molecule has 0 spiro atoms. The SMILES string of the molecule is NCC(=O)NC[C@H](Cc1ccc(O)c(I)c1)C(=O)N1CCC(NC(=O)c2cc(C3CC3)on2)CC1. The van der Waals surface area contributed by atoms with Crippen LogP contribution < -0.4 is 16.4 Å². The fourth-order valence-corrected chi connectivity index (χ4v) is 4.82. The van der Waals surface area contributed by atoms with Gasteiger partial charge in [-0.05, 0) is 72.4 Å². The van der Waals surface area contributed by atoms with Gasteiger partial charge >= 0.3 is 0 Å². The van der Waals surface area contributed by atoms with E-state index >= 15 is 0 Å². The molecule has 3 amide bonds. The number of nitrogens with two attached hydrogens (primary N) is 1. The van der Waals surface area contributed by atoms with Crippen LogP contribution in [-0.2, 0) is 16.0 Å². The lowest BCUT2D eigenvalue weighted by atomic mass is 9.95. The second-order valence-corrected chi connectivity index (χ2v) is 10.3. The van der Waals surface area contributed by atoms with E-state index in [4.69, 9.17) is 10.3 Å². The molecule has 2 fully saturated rings. The number of likely N-dealkylation sites (tertiary alicyclic amines) is 1. The monoisotopic (exact) mass is 595 g/mol. The first-order valence-corrected chi connectivity index (χ1v) is 12.9. The van der Waals surface area contributed by atoms with Crippen molar-refractivity contribution in [1.82, 2.24) is 20.7 Å². The van der Waals surface area contributed by atoms with Crippen molar-refractivity contribution in [3.63, 3.8) is 0 Å².